The molecule has 0 bridgehead atoms. The summed E-state index contributed by atoms with van der Waals surface area (Å²) in [7, 11) is 0. The van der Waals surface area contributed by atoms with E-state index in [4.69, 9.17) is 28.4 Å². The Bertz CT molecular complexity index is 2290. The second-order valence-corrected chi connectivity index (χ2v) is 14.9. The smallest absolute Gasteiger partial charge is 0.343 e. The van der Waals surface area contributed by atoms with Crippen molar-refractivity contribution in [3.63, 3.8) is 0 Å². The van der Waals surface area contributed by atoms with Crippen LogP contribution in [0.5, 0.6) is 23.0 Å². The topological polar surface area (TPSA) is 139 Å². The van der Waals surface area contributed by atoms with E-state index in [-0.39, 0.29) is 0 Å². The third kappa shape index (κ3) is 16.5. The van der Waals surface area contributed by atoms with E-state index in [9.17, 15) is 9.59 Å². The number of azo groups is 2. The van der Waals surface area contributed by atoms with E-state index in [1.165, 1.54) is 0 Å². The zero-order chi connectivity index (χ0) is 46.0. The molecule has 338 valence electrons. The van der Waals surface area contributed by atoms with Crippen molar-refractivity contribution in [3.05, 3.63) is 182 Å². The number of nitrogens with zero attached hydrogens (tertiary/aromatic N) is 4. The third-order valence-electron chi connectivity index (χ3n) is 9.78. The van der Waals surface area contributed by atoms with Gasteiger partial charge in [-0.15, -0.1) is 13.2 Å². The SMILES string of the molecule is C=CCOCCCCCOc1ccc(N=Nc2ccc(C(=O)Oc3ccc(-c4ccc(OC(=O)c5ccc(N=Nc6ccc(OCCCCCOCC=C)cc6)cc5)cc4)cc3)cc2)cc1. The molecule has 12 heteroatoms. The lowest BCUT2D eigenvalue weighted by Crippen LogP contribution is -2.08. The molecule has 0 aliphatic heterocycles. The molecule has 0 radical (unpaired) electrons. The zero-order valence-corrected chi connectivity index (χ0v) is 37.0. The molecule has 0 atom stereocenters. The minimum absolute atomic E-state index is 0.378. The van der Waals surface area contributed by atoms with Gasteiger partial charge in [-0.1, -0.05) is 36.4 Å². The Morgan fingerprint density at radius 2 is 0.682 bits per heavy atom. The first-order chi connectivity index (χ1) is 32.4. The van der Waals surface area contributed by atoms with Gasteiger partial charge in [0.25, 0.3) is 0 Å². The third-order valence-corrected chi connectivity index (χ3v) is 9.78. The molecule has 0 heterocycles. The molecular weight excluding hydrogens is 833 g/mol. The van der Waals surface area contributed by atoms with Gasteiger partial charge in [-0.2, -0.15) is 20.5 Å². The zero-order valence-electron chi connectivity index (χ0n) is 37.0. The van der Waals surface area contributed by atoms with Gasteiger partial charge >= 0.3 is 11.9 Å². The maximum absolute atomic E-state index is 12.9. The van der Waals surface area contributed by atoms with Crippen LogP contribution < -0.4 is 18.9 Å². The molecular formula is C54H54N4O8. The van der Waals surface area contributed by atoms with Gasteiger partial charge < -0.3 is 28.4 Å². The molecule has 0 spiro atoms. The minimum atomic E-state index is -0.496. The first-order valence-electron chi connectivity index (χ1n) is 22.0. The predicted molar refractivity (Wildman–Crippen MR) is 257 cm³/mol. The van der Waals surface area contributed by atoms with Gasteiger partial charge in [-0.3, -0.25) is 0 Å². The van der Waals surface area contributed by atoms with Crippen molar-refractivity contribution in [1.29, 1.82) is 0 Å². The maximum atomic E-state index is 12.9. The monoisotopic (exact) mass is 886 g/mol. The highest BCUT2D eigenvalue weighted by Gasteiger charge is 2.11. The highest BCUT2D eigenvalue weighted by molar-refractivity contribution is 5.92. The molecule has 0 N–H and O–H groups in total. The van der Waals surface area contributed by atoms with E-state index in [1.807, 2.05) is 72.8 Å². The fourth-order valence-corrected chi connectivity index (χ4v) is 6.22. The van der Waals surface area contributed by atoms with Crippen molar-refractivity contribution >= 4 is 34.7 Å². The lowest BCUT2D eigenvalue weighted by molar-refractivity contribution is 0.0725. The number of benzene rings is 6. The van der Waals surface area contributed by atoms with Crippen LogP contribution >= 0.6 is 0 Å². The number of hydrogen-bond donors (Lipinski definition) is 0. The van der Waals surface area contributed by atoms with Crippen LogP contribution in [0.25, 0.3) is 11.1 Å². The Labute approximate surface area is 386 Å². The Morgan fingerprint density at radius 1 is 0.379 bits per heavy atom. The summed E-state index contributed by atoms with van der Waals surface area (Å²) in [5.41, 5.74) is 5.09. The predicted octanol–water partition coefficient (Wildman–Crippen LogP) is 14.1. The van der Waals surface area contributed by atoms with Gasteiger partial charge in [0, 0.05) is 13.2 Å². The number of ether oxygens (including phenoxy) is 6. The van der Waals surface area contributed by atoms with Crippen LogP contribution in [-0.4, -0.2) is 51.6 Å². The first-order valence-corrected chi connectivity index (χ1v) is 22.0. The summed E-state index contributed by atoms with van der Waals surface area (Å²) < 4.78 is 33.7. The summed E-state index contributed by atoms with van der Waals surface area (Å²) in [4.78, 5) is 25.8. The molecule has 0 saturated heterocycles. The highest BCUT2D eigenvalue weighted by atomic mass is 16.5. The lowest BCUT2D eigenvalue weighted by atomic mass is 10.1. The molecule has 6 aromatic carbocycles. The van der Waals surface area contributed by atoms with Crippen molar-refractivity contribution in [2.75, 3.05) is 39.6 Å². The Balaban J connectivity index is 0.892. The molecule has 0 fully saturated rings. The quantitative estimate of drug-likeness (QED) is 0.0164. The molecule has 0 aliphatic rings. The van der Waals surface area contributed by atoms with E-state index < -0.39 is 11.9 Å². The number of carbonyl (C=O) groups is 2. The van der Waals surface area contributed by atoms with E-state index in [2.05, 4.69) is 33.6 Å². The number of esters is 2. The van der Waals surface area contributed by atoms with Crippen LogP contribution in [0, 0.1) is 0 Å². The lowest BCUT2D eigenvalue weighted by Gasteiger charge is -2.08. The minimum Gasteiger partial charge on any atom is -0.494 e. The molecule has 0 aliphatic carbocycles. The second-order valence-electron chi connectivity index (χ2n) is 14.9. The molecule has 0 unspecified atom stereocenters. The largest absolute Gasteiger partial charge is 0.494 e. The molecule has 0 saturated carbocycles. The van der Waals surface area contributed by atoms with Gasteiger partial charge in [0.2, 0.25) is 0 Å². The van der Waals surface area contributed by atoms with Crippen molar-refractivity contribution in [1.82, 2.24) is 0 Å². The summed E-state index contributed by atoms with van der Waals surface area (Å²) in [6.45, 7) is 11.2. The van der Waals surface area contributed by atoms with Crippen LogP contribution in [0.2, 0.25) is 0 Å². The van der Waals surface area contributed by atoms with E-state index in [0.29, 0.717) is 71.8 Å². The molecule has 6 rings (SSSR count). The van der Waals surface area contributed by atoms with Crippen molar-refractivity contribution in [2.45, 2.75) is 38.5 Å². The average Bonchev–Trinajstić information content (AvgIpc) is 3.36. The Morgan fingerprint density at radius 3 is 1.02 bits per heavy atom. The number of unbranched alkanes of at least 4 members (excludes halogenated alkanes) is 4. The van der Waals surface area contributed by atoms with Crippen LogP contribution in [0.1, 0.15) is 59.2 Å². The average molecular weight is 887 g/mol. The van der Waals surface area contributed by atoms with Gasteiger partial charge in [0.15, 0.2) is 0 Å². The number of carbonyl (C=O) groups excluding carboxylic acids is 2. The normalized spacial score (nSPS) is 11.1. The van der Waals surface area contributed by atoms with Gasteiger partial charge in [-0.25, -0.2) is 9.59 Å². The molecule has 0 amide bonds. The molecule has 66 heavy (non-hydrogen) atoms. The number of hydrogen-bond acceptors (Lipinski definition) is 12. The standard InChI is InChI=1S/C54H54N4O8/c1-3-35-61-37-7-5-9-39-63-49-31-23-47(24-32-49)57-55-45-19-11-43(12-20-45)53(59)65-51-27-15-41(16-28-51)42-17-29-52(30-18-42)66-54(60)44-13-21-46(22-14-44)56-58-48-25-33-50(34-26-48)64-40-10-6-8-38-62-36-4-2/h3-4,11-34H,1-2,5-10,35-40H2. The van der Waals surface area contributed by atoms with Crippen molar-refractivity contribution < 1.29 is 38.0 Å². The maximum Gasteiger partial charge on any atom is 0.343 e. The van der Waals surface area contributed by atoms with E-state index in [1.54, 1.807) is 84.9 Å². The Kier molecular flexibility index (Phi) is 19.6. The summed E-state index contributed by atoms with van der Waals surface area (Å²) in [6, 6.07) is 42.6. The summed E-state index contributed by atoms with van der Waals surface area (Å²) in [5.74, 6) is 1.36. The van der Waals surface area contributed by atoms with E-state index >= 15 is 0 Å². The Hall–Kier alpha value is -7.54. The van der Waals surface area contributed by atoms with Crippen molar-refractivity contribution in [2.24, 2.45) is 20.5 Å². The van der Waals surface area contributed by atoms with Gasteiger partial charge in [0.1, 0.15) is 23.0 Å². The van der Waals surface area contributed by atoms with Crippen LogP contribution in [-0.2, 0) is 9.47 Å². The van der Waals surface area contributed by atoms with Crippen molar-refractivity contribution in [3.8, 4) is 34.1 Å². The van der Waals surface area contributed by atoms with Crippen LogP contribution in [0.3, 0.4) is 0 Å². The van der Waals surface area contributed by atoms with Crippen LogP contribution in [0.4, 0.5) is 22.7 Å². The summed E-state index contributed by atoms with van der Waals surface area (Å²) in [5, 5.41) is 17.2. The van der Waals surface area contributed by atoms with Gasteiger partial charge in [0.05, 0.1) is 60.3 Å². The molecule has 6 aromatic rings. The first kappa shape index (κ1) is 47.9. The number of rotatable bonds is 27. The summed E-state index contributed by atoms with van der Waals surface area (Å²) >= 11 is 0. The molecule has 0 aromatic heterocycles. The fraction of sp³-hybridized carbons (Fsp3) is 0.222. The summed E-state index contributed by atoms with van der Waals surface area (Å²) in [6.07, 6.45) is 9.47. The molecule has 12 nitrogen and oxygen atoms in total. The second kappa shape index (κ2) is 26.9. The fourth-order valence-electron chi connectivity index (χ4n) is 6.22. The van der Waals surface area contributed by atoms with E-state index in [0.717, 1.165) is 74.4 Å². The van der Waals surface area contributed by atoms with Crippen LogP contribution in [0.15, 0.2) is 191 Å². The van der Waals surface area contributed by atoms with Gasteiger partial charge in [-0.05, 0) is 171 Å². The highest BCUT2D eigenvalue weighted by Crippen LogP contribution is 2.27.